The molecule has 6 rings (SSSR count). The number of esters is 1. The van der Waals surface area contributed by atoms with E-state index in [0.29, 0.717) is 29.6 Å². The number of ketones is 1. The number of fused-ring (bicyclic) bond motifs is 4. The first-order chi connectivity index (χ1) is 18.6. The van der Waals surface area contributed by atoms with Crippen molar-refractivity contribution in [3.05, 3.63) is 59.3 Å². The van der Waals surface area contributed by atoms with E-state index in [0.717, 1.165) is 10.9 Å². The summed E-state index contributed by atoms with van der Waals surface area (Å²) in [5.74, 6) is -1.81. The van der Waals surface area contributed by atoms with E-state index >= 15 is 0 Å². The van der Waals surface area contributed by atoms with Crippen molar-refractivity contribution in [2.24, 2.45) is 29.5 Å². The van der Waals surface area contributed by atoms with Crippen LogP contribution in [0, 0.1) is 16.7 Å². The van der Waals surface area contributed by atoms with E-state index in [9.17, 15) is 14.7 Å². The lowest BCUT2D eigenvalue weighted by atomic mass is 9.60. The number of Topliss-reactive ketones (excluding diaryl/α,β-unsaturated/α-hetero) is 1. The Morgan fingerprint density at radius 3 is 2.60 bits per heavy atom. The number of carbonyl (C=O) groups is 2. The summed E-state index contributed by atoms with van der Waals surface area (Å²) in [6.45, 7) is 11.6. The molecule has 1 spiro atoms. The molecule has 0 amide bonds. The van der Waals surface area contributed by atoms with Crippen LogP contribution in [0.2, 0.25) is 0 Å². The second-order valence-corrected chi connectivity index (χ2v) is 13.4. The molecule has 40 heavy (non-hydrogen) atoms. The molecule has 4 aliphatic rings. The molecule has 1 aromatic carbocycles. The number of aliphatic hydroxyl groups is 1. The molecule has 1 aliphatic heterocycles. The van der Waals surface area contributed by atoms with Crippen molar-refractivity contribution in [1.29, 1.82) is 0 Å². The fourth-order valence-electron chi connectivity index (χ4n) is 7.66. The predicted molar refractivity (Wildman–Crippen MR) is 150 cm³/mol. The molecule has 2 heterocycles. The average Bonchev–Trinajstić information content (AvgIpc) is 3.31. The van der Waals surface area contributed by atoms with Crippen molar-refractivity contribution in [3.63, 3.8) is 0 Å². The topological polar surface area (TPSA) is 113 Å². The van der Waals surface area contributed by atoms with Crippen LogP contribution in [0.1, 0.15) is 64.7 Å². The Bertz CT molecular complexity index is 1500. The van der Waals surface area contributed by atoms with Crippen LogP contribution in [0.4, 0.5) is 0 Å². The summed E-state index contributed by atoms with van der Waals surface area (Å²) < 4.78 is 20.6. The van der Waals surface area contributed by atoms with Crippen molar-refractivity contribution >= 4 is 22.7 Å². The molecule has 1 saturated carbocycles. The Balaban J connectivity index is 1.53. The number of rotatable bonds is 2. The van der Waals surface area contributed by atoms with Crippen LogP contribution in [0.3, 0.4) is 0 Å². The van der Waals surface area contributed by atoms with Crippen LogP contribution in [-0.4, -0.2) is 57.2 Å². The Labute approximate surface area is 235 Å². The van der Waals surface area contributed by atoms with E-state index in [4.69, 9.17) is 19.9 Å². The van der Waals surface area contributed by atoms with Gasteiger partial charge in [0, 0.05) is 24.1 Å². The largest absolute Gasteiger partial charge is 0.451 e. The molecule has 3 aliphatic carbocycles. The molecule has 214 valence electrons. The quantitative estimate of drug-likeness (QED) is 0.427. The maximum Gasteiger partial charge on any atom is 0.341 e. The van der Waals surface area contributed by atoms with Crippen LogP contribution in [0.25, 0.3) is 10.9 Å². The van der Waals surface area contributed by atoms with Crippen LogP contribution in [0.15, 0.2) is 53.8 Å². The highest BCUT2D eigenvalue weighted by Gasteiger charge is 2.75. The number of nitrogens with two attached hydrogens (primary N) is 1. The predicted octanol–water partition coefficient (Wildman–Crippen LogP) is 4.20. The first-order valence-corrected chi connectivity index (χ1v) is 14.1. The third-order valence-corrected chi connectivity index (χ3v) is 10.5. The zero-order valence-corrected chi connectivity index (χ0v) is 24.4. The number of ether oxygens (including phenoxy) is 3. The number of carbonyl (C=O) groups excluding carboxylic acids is 2. The highest BCUT2D eigenvalue weighted by molar-refractivity contribution is 6.05. The molecule has 2 fully saturated rings. The molecular weight excluding hydrogens is 508 g/mol. The minimum absolute atomic E-state index is 0.0753. The van der Waals surface area contributed by atoms with Crippen LogP contribution in [-0.2, 0) is 26.1 Å². The van der Waals surface area contributed by atoms with E-state index in [1.807, 2.05) is 55.8 Å². The standard InChI is InChI=1S/C32H40N2O6/c1-18-14-30-13-12-19(2)28(3,4)31(33,27(30)36)15-20-17-38-29(5,6)40-25(20)32(30,37)24(18)39-26(35)22-16-34(7)23-11-9-8-10-21(22)23/h8-11,14-16,19,24-25,37H,12-13,17,33H2,1-7H3. The molecule has 2 bridgehead atoms. The summed E-state index contributed by atoms with van der Waals surface area (Å²) in [6, 6.07) is 7.59. The smallest absolute Gasteiger partial charge is 0.341 e. The molecule has 1 saturated heterocycles. The number of aromatic nitrogens is 1. The van der Waals surface area contributed by atoms with Gasteiger partial charge in [-0.15, -0.1) is 0 Å². The number of para-hydroxylation sites is 1. The fourth-order valence-corrected chi connectivity index (χ4v) is 7.66. The molecule has 2 aromatic rings. The molecule has 0 radical (unpaired) electrons. The SMILES string of the molecule is CC1=CC23CCC(C)C(C)(C)C(N)(C=C4COC(C)(C)OC4C2(O)C1OC(=O)c1cn(C)c2ccccc12)C3=O. The van der Waals surface area contributed by atoms with Crippen molar-refractivity contribution in [1.82, 2.24) is 4.57 Å². The fraction of sp³-hybridized carbons (Fsp3) is 0.562. The monoisotopic (exact) mass is 548 g/mol. The van der Waals surface area contributed by atoms with E-state index in [1.54, 1.807) is 33.0 Å². The zero-order valence-electron chi connectivity index (χ0n) is 24.4. The molecule has 3 N–H and O–H groups in total. The summed E-state index contributed by atoms with van der Waals surface area (Å²) in [7, 11) is 1.87. The summed E-state index contributed by atoms with van der Waals surface area (Å²) >= 11 is 0. The second-order valence-electron chi connectivity index (χ2n) is 13.4. The Kier molecular flexibility index (Phi) is 5.74. The van der Waals surface area contributed by atoms with Gasteiger partial charge in [-0.2, -0.15) is 0 Å². The minimum atomic E-state index is -1.93. The van der Waals surface area contributed by atoms with Gasteiger partial charge in [-0.05, 0) is 62.2 Å². The third kappa shape index (κ3) is 3.33. The van der Waals surface area contributed by atoms with Gasteiger partial charge in [0.15, 0.2) is 23.3 Å². The van der Waals surface area contributed by atoms with E-state index in [1.165, 1.54) is 0 Å². The summed E-state index contributed by atoms with van der Waals surface area (Å²) in [6.07, 6.45) is 4.23. The maximum absolute atomic E-state index is 14.9. The molecule has 8 nitrogen and oxygen atoms in total. The normalized spacial score (nSPS) is 38.0. The number of aryl methyl sites for hydroxylation is 1. The Hall–Kier alpha value is -2.78. The zero-order chi connectivity index (χ0) is 29.0. The van der Waals surface area contributed by atoms with Crippen molar-refractivity contribution < 1.29 is 28.9 Å². The number of benzene rings is 1. The third-order valence-electron chi connectivity index (χ3n) is 10.5. The van der Waals surface area contributed by atoms with Gasteiger partial charge in [0.1, 0.15) is 11.6 Å². The van der Waals surface area contributed by atoms with Crippen molar-refractivity contribution in [2.75, 3.05) is 6.61 Å². The van der Waals surface area contributed by atoms with Crippen molar-refractivity contribution in [2.45, 2.75) is 83.5 Å². The first-order valence-electron chi connectivity index (χ1n) is 14.1. The molecule has 6 atom stereocenters. The maximum atomic E-state index is 14.9. The van der Waals surface area contributed by atoms with Gasteiger partial charge in [0.05, 0.1) is 17.6 Å². The van der Waals surface area contributed by atoms with Gasteiger partial charge >= 0.3 is 5.97 Å². The lowest BCUT2D eigenvalue weighted by molar-refractivity contribution is -0.300. The highest BCUT2D eigenvalue weighted by atomic mass is 16.7. The summed E-state index contributed by atoms with van der Waals surface area (Å²) in [4.78, 5) is 28.7. The lowest BCUT2D eigenvalue weighted by Crippen LogP contribution is -2.69. The first kappa shape index (κ1) is 27.4. The number of nitrogens with zero attached hydrogens (tertiary/aromatic N) is 1. The summed E-state index contributed by atoms with van der Waals surface area (Å²) in [5, 5.41) is 13.9. The van der Waals surface area contributed by atoms with Gasteiger partial charge in [0.2, 0.25) is 0 Å². The van der Waals surface area contributed by atoms with E-state index < -0.39 is 45.9 Å². The number of hydrogen-bond donors (Lipinski definition) is 2. The Morgan fingerprint density at radius 1 is 1.18 bits per heavy atom. The van der Waals surface area contributed by atoms with Crippen LogP contribution < -0.4 is 5.73 Å². The lowest BCUT2D eigenvalue weighted by Gasteiger charge is -2.51. The van der Waals surface area contributed by atoms with E-state index in [-0.39, 0.29) is 18.3 Å². The van der Waals surface area contributed by atoms with Gasteiger partial charge in [-0.3, -0.25) is 4.79 Å². The second kappa shape index (κ2) is 8.38. The molecule has 8 heteroatoms. The van der Waals surface area contributed by atoms with E-state index in [2.05, 4.69) is 6.92 Å². The molecule has 6 unspecified atom stereocenters. The van der Waals surface area contributed by atoms with Crippen LogP contribution >= 0.6 is 0 Å². The van der Waals surface area contributed by atoms with Gasteiger partial charge in [-0.25, -0.2) is 4.79 Å². The summed E-state index contributed by atoms with van der Waals surface area (Å²) in [5.41, 5.74) is 4.26. The average molecular weight is 549 g/mol. The minimum Gasteiger partial charge on any atom is -0.451 e. The number of hydrogen-bond acceptors (Lipinski definition) is 7. The van der Waals surface area contributed by atoms with Gasteiger partial charge in [-0.1, -0.05) is 51.1 Å². The van der Waals surface area contributed by atoms with Gasteiger partial charge < -0.3 is 29.6 Å². The molecular formula is C32H40N2O6. The van der Waals surface area contributed by atoms with Crippen LogP contribution in [0.5, 0.6) is 0 Å². The van der Waals surface area contributed by atoms with Crippen molar-refractivity contribution in [3.8, 4) is 0 Å². The highest BCUT2D eigenvalue weighted by Crippen LogP contribution is 2.62. The van der Waals surface area contributed by atoms with Gasteiger partial charge in [0.25, 0.3) is 0 Å². The Morgan fingerprint density at radius 2 is 1.88 bits per heavy atom. The molecule has 1 aromatic heterocycles.